The zero-order chi connectivity index (χ0) is 13.1. The highest BCUT2D eigenvalue weighted by Crippen LogP contribution is 2.26. The average molecular weight is 324 g/mol. The number of hydrogen-bond donors (Lipinski definition) is 1. The minimum Gasteiger partial charge on any atom is -0.340 e. The molecule has 1 aliphatic heterocycles. The van der Waals surface area contributed by atoms with Gasteiger partial charge < -0.3 is 10.2 Å². The smallest absolute Gasteiger partial charge is 0.239 e. The van der Waals surface area contributed by atoms with Gasteiger partial charge in [-0.25, -0.2) is 0 Å². The Kier molecular flexibility index (Phi) is 6.40. The van der Waals surface area contributed by atoms with E-state index in [-0.39, 0.29) is 24.4 Å². The second-order valence-electron chi connectivity index (χ2n) is 4.56. The Morgan fingerprint density at radius 2 is 2.21 bits per heavy atom. The molecule has 0 bridgehead atoms. The van der Waals surface area contributed by atoms with Crippen LogP contribution in [0.5, 0.6) is 0 Å². The molecule has 106 valence electrons. The van der Waals surface area contributed by atoms with Crippen molar-refractivity contribution in [1.29, 1.82) is 0 Å². The van der Waals surface area contributed by atoms with E-state index in [2.05, 4.69) is 5.32 Å². The Hall–Kier alpha value is -0.480. The molecule has 1 N–H and O–H groups in total. The Bertz CT molecular complexity index is 448. The van der Waals surface area contributed by atoms with Gasteiger partial charge in [0.1, 0.15) is 0 Å². The highest BCUT2D eigenvalue weighted by Gasteiger charge is 2.25. The molecule has 1 unspecified atom stereocenters. The van der Waals surface area contributed by atoms with Crippen molar-refractivity contribution in [2.75, 3.05) is 13.6 Å². The number of rotatable bonds is 3. The van der Waals surface area contributed by atoms with Crippen LogP contribution in [0.4, 0.5) is 0 Å². The van der Waals surface area contributed by atoms with E-state index >= 15 is 0 Å². The van der Waals surface area contributed by atoms with Crippen molar-refractivity contribution in [3.8, 4) is 0 Å². The molecule has 3 nitrogen and oxygen atoms in total. The third-order valence-corrected chi connectivity index (χ3v) is 4.03. The summed E-state index contributed by atoms with van der Waals surface area (Å²) in [5.41, 5.74) is 0.873. The Balaban J connectivity index is 0.00000180. The van der Waals surface area contributed by atoms with Gasteiger partial charge in [0.2, 0.25) is 5.91 Å². The highest BCUT2D eigenvalue weighted by molar-refractivity contribution is 6.42. The lowest BCUT2D eigenvalue weighted by Gasteiger charge is -2.21. The molecule has 1 amide bonds. The van der Waals surface area contributed by atoms with Gasteiger partial charge in [0, 0.05) is 13.6 Å². The summed E-state index contributed by atoms with van der Waals surface area (Å²) < 4.78 is 0. The van der Waals surface area contributed by atoms with E-state index in [0.717, 1.165) is 24.9 Å². The van der Waals surface area contributed by atoms with Crippen LogP contribution in [0.25, 0.3) is 0 Å². The zero-order valence-electron chi connectivity index (χ0n) is 10.7. The lowest BCUT2D eigenvalue weighted by atomic mass is 10.1. The van der Waals surface area contributed by atoms with Crippen LogP contribution in [0.3, 0.4) is 0 Å². The Morgan fingerprint density at radius 3 is 2.84 bits per heavy atom. The molecule has 6 heteroatoms. The minimum atomic E-state index is -0.0482. The second-order valence-corrected chi connectivity index (χ2v) is 5.34. The first-order valence-electron chi connectivity index (χ1n) is 6.01. The van der Waals surface area contributed by atoms with Gasteiger partial charge in [0.25, 0.3) is 0 Å². The first kappa shape index (κ1) is 16.6. The lowest BCUT2D eigenvalue weighted by Crippen LogP contribution is -2.41. The Labute approximate surface area is 129 Å². The molecule has 0 radical (unpaired) electrons. The zero-order valence-corrected chi connectivity index (χ0v) is 13.0. The van der Waals surface area contributed by atoms with E-state index in [1.54, 1.807) is 18.0 Å². The number of carbonyl (C=O) groups excluding carboxylic acids is 1. The van der Waals surface area contributed by atoms with E-state index in [4.69, 9.17) is 23.2 Å². The van der Waals surface area contributed by atoms with Gasteiger partial charge in [-0.3, -0.25) is 4.79 Å². The number of amides is 1. The molecule has 1 saturated heterocycles. The summed E-state index contributed by atoms with van der Waals surface area (Å²) in [4.78, 5) is 13.8. The van der Waals surface area contributed by atoms with Crippen LogP contribution >= 0.6 is 35.6 Å². The number of carbonyl (C=O) groups is 1. The molecule has 19 heavy (non-hydrogen) atoms. The first-order chi connectivity index (χ1) is 8.59. The summed E-state index contributed by atoms with van der Waals surface area (Å²) in [6, 6.07) is 5.43. The molecule has 1 aromatic carbocycles. The lowest BCUT2D eigenvalue weighted by molar-refractivity contribution is -0.132. The van der Waals surface area contributed by atoms with Crippen LogP contribution in [0.2, 0.25) is 10.0 Å². The van der Waals surface area contributed by atoms with Gasteiger partial charge in [0.15, 0.2) is 0 Å². The summed E-state index contributed by atoms with van der Waals surface area (Å²) >= 11 is 12.1. The topological polar surface area (TPSA) is 32.3 Å². The maximum Gasteiger partial charge on any atom is 0.239 e. The number of benzene rings is 1. The number of likely N-dealkylation sites (N-methyl/N-ethyl adjacent to an activating group) is 1. The first-order valence-corrected chi connectivity index (χ1v) is 6.76. The minimum absolute atomic E-state index is 0. The van der Waals surface area contributed by atoms with Gasteiger partial charge in [-0.15, -0.1) is 12.4 Å². The summed E-state index contributed by atoms with van der Waals surface area (Å²) in [5, 5.41) is 4.25. The van der Waals surface area contributed by atoms with Crippen LogP contribution in [0.1, 0.15) is 18.4 Å². The largest absolute Gasteiger partial charge is 0.340 e. The van der Waals surface area contributed by atoms with Gasteiger partial charge in [0.05, 0.1) is 16.1 Å². The van der Waals surface area contributed by atoms with Crippen molar-refractivity contribution in [3.63, 3.8) is 0 Å². The number of halogens is 3. The number of nitrogens with one attached hydrogen (secondary N) is 1. The van der Waals surface area contributed by atoms with Crippen LogP contribution < -0.4 is 5.32 Å². The summed E-state index contributed by atoms with van der Waals surface area (Å²) in [6.07, 6.45) is 1.97. The molecule has 0 spiro atoms. The van der Waals surface area contributed by atoms with Crippen LogP contribution in [-0.2, 0) is 11.3 Å². The van der Waals surface area contributed by atoms with Crippen molar-refractivity contribution in [2.45, 2.75) is 25.4 Å². The molecular formula is C13H17Cl3N2O. The molecule has 1 aromatic rings. The van der Waals surface area contributed by atoms with E-state index in [9.17, 15) is 4.79 Å². The van der Waals surface area contributed by atoms with Gasteiger partial charge in [-0.05, 0) is 31.0 Å². The van der Waals surface area contributed by atoms with Crippen molar-refractivity contribution in [1.82, 2.24) is 10.2 Å². The number of nitrogens with zero attached hydrogens (tertiary/aromatic N) is 1. The average Bonchev–Trinajstić information content (AvgIpc) is 2.87. The van der Waals surface area contributed by atoms with Crippen molar-refractivity contribution in [2.24, 2.45) is 0 Å². The van der Waals surface area contributed by atoms with Crippen molar-refractivity contribution in [3.05, 3.63) is 33.8 Å². The summed E-state index contributed by atoms with van der Waals surface area (Å²) in [5.74, 6) is 0.114. The van der Waals surface area contributed by atoms with E-state index in [1.165, 1.54) is 0 Å². The van der Waals surface area contributed by atoms with Crippen LogP contribution in [-0.4, -0.2) is 30.4 Å². The standard InChI is InChI=1S/C13H16Cl2N2O.ClH/c1-17(13(18)11-6-3-7-16-11)8-9-4-2-5-10(14)12(9)15;/h2,4-5,11,16H,3,6-8H2,1H3;1H. The van der Waals surface area contributed by atoms with Gasteiger partial charge in [-0.1, -0.05) is 35.3 Å². The van der Waals surface area contributed by atoms with Crippen LogP contribution in [0.15, 0.2) is 18.2 Å². The SMILES string of the molecule is CN(Cc1cccc(Cl)c1Cl)C(=O)C1CCCN1.Cl. The van der Waals surface area contributed by atoms with Crippen LogP contribution in [0, 0.1) is 0 Å². The normalized spacial score (nSPS) is 17.9. The third kappa shape index (κ3) is 3.99. The molecular weight excluding hydrogens is 307 g/mol. The second kappa shape index (κ2) is 7.34. The van der Waals surface area contributed by atoms with Crippen molar-refractivity contribution >= 4 is 41.5 Å². The van der Waals surface area contributed by atoms with Crippen molar-refractivity contribution < 1.29 is 4.79 Å². The third-order valence-electron chi connectivity index (χ3n) is 3.17. The highest BCUT2D eigenvalue weighted by atomic mass is 35.5. The summed E-state index contributed by atoms with van der Waals surface area (Å²) in [6.45, 7) is 1.40. The molecule has 1 atom stereocenters. The Morgan fingerprint density at radius 1 is 1.47 bits per heavy atom. The van der Waals surface area contributed by atoms with Gasteiger partial charge in [-0.2, -0.15) is 0 Å². The van der Waals surface area contributed by atoms with E-state index in [0.29, 0.717) is 16.6 Å². The fraction of sp³-hybridized carbons (Fsp3) is 0.462. The molecule has 2 rings (SSSR count). The molecule has 0 aliphatic carbocycles. The number of hydrogen-bond acceptors (Lipinski definition) is 2. The monoisotopic (exact) mass is 322 g/mol. The van der Waals surface area contributed by atoms with Gasteiger partial charge >= 0.3 is 0 Å². The molecule has 1 heterocycles. The maximum atomic E-state index is 12.1. The predicted molar refractivity (Wildman–Crippen MR) is 81.2 cm³/mol. The summed E-state index contributed by atoms with van der Waals surface area (Å²) in [7, 11) is 1.79. The predicted octanol–water partition coefficient (Wildman–Crippen LogP) is 3.13. The maximum absolute atomic E-state index is 12.1. The quantitative estimate of drug-likeness (QED) is 0.927. The molecule has 1 fully saturated rings. The fourth-order valence-electron chi connectivity index (χ4n) is 2.17. The molecule has 0 saturated carbocycles. The fourth-order valence-corrected chi connectivity index (χ4v) is 2.55. The van der Waals surface area contributed by atoms with E-state index < -0.39 is 0 Å². The molecule has 1 aliphatic rings. The van der Waals surface area contributed by atoms with E-state index in [1.807, 2.05) is 12.1 Å². The molecule has 0 aromatic heterocycles.